The number of imidazole rings is 1. The van der Waals surface area contributed by atoms with Gasteiger partial charge in [0.05, 0.1) is 12.2 Å². The van der Waals surface area contributed by atoms with Crippen molar-refractivity contribution in [2.45, 2.75) is 45.3 Å². The zero-order chi connectivity index (χ0) is 19.9. The summed E-state index contributed by atoms with van der Waals surface area (Å²) in [6, 6.07) is 7.22. The van der Waals surface area contributed by atoms with Gasteiger partial charge in [-0.05, 0) is 65.5 Å². The summed E-state index contributed by atoms with van der Waals surface area (Å²) in [5.74, 6) is 1.07. The summed E-state index contributed by atoms with van der Waals surface area (Å²) < 4.78 is 12.7. The van der Waals surface area contributed by atoms with Gasteiger partial charge >= 0.3 is 11.1 Å². The van der Waals surface area contributed by atoms with Crippen LogP contribution in [0.5, 0.6) is 11.5 Å². The van der Waals surface area contributed by atoms with E-state index in [1.807, 2.05) is 12.1 Å². The Bertz CT molecular complexity index is 746. The molecule has 0 aliphatic heterocycles. The molecule has 0 bridgehead atoms. The van der Waals surface area contributed by atoms with E-state index in [4.69, 9.17) is 21.1 Å². The summed E-state index contributed by atoms with van der Waals surface area (Å²) in [5, 5.41) is 21.2. The lowest BCUT2D eigenvalue weighted by molar-refractivity contribution is -0.389. The van der Waals surface area contributed by atoms with Crippen LogP contribution in [0.15, 0.2) is 30.5 Å². The maximum atomic E-state index is 10.7. The molecule has 0 saturated heterocycles. The molecule has 9 heteroatoms. The van der Waals surface area contributed by atoms with E-state index in [0.717, 1.165) is 18.6 Å². The number of rotatable bonds is 11. The van der Waals surface area contributed by atoms with Crippen LogP contribution in [0.2, 0.25) is 5.28 Å². The van der Waals surface area contributed by atoms with Crippen molar-refractivity contribution in [1.29, 1.82) is 0 Å². The van der Waals surface area contributed by atoms with Crippen molar-refractivity contribution in [3.05, 3.63) is 45.9 Å². The Kier molecular flexibility index (Phi) is 7.44. The summed E-state index contributed by atoms with van der Waals surface area (Å²) in [6.45, 7) is 4.76. The lowest BCUT2D eigenvalue weighted by Gasteiger charge is -2.23. The Labute approximate surface area is 162 Å². The maximum absolute atomic E-state index is 10.7. The minimum Gasteiger partial charge on any atom is -0.494 e. The predicted octanol–water partition coefficient (Wildman–Crippen LogP) is 3.84. The molecule has 0 spiro atoms. The van der Waals surface area contributed by atoms with Crippen LogP contribution in [0.1, 0.15) is 33.1 Å². The van der Waals surface area contributed by atoms with Gasteiger partial charge < -0.3 is 24.7 Å². The molecule has 148 valence electrons. The molecule has 1 aromatic heterocycles. The monoisotopic (exact) mass is 397 g/mol. The molecule has 27 heavy (non-hydrogen) atoms. The molecule has 0 amide bonds. The first-order valence-electron chi connectivity index (χ1n) is 8.76. The average Bonchev–Trinajstić information content (AvgIpc) is 3.01. The standard InChI is InChI=1S/C18H24ClN3O5/c1-3-4-11-26-14-5-7-15(8-6-14)27-13-18(2,23)9-10-21-12-16(22(24)25)20-17(21)19/h5-8,12,23H,3-4,9-11,13H2,1-2H3. The van der Waals surface area contributed by atoms with Crippen LogP contribution in [-0.4, -0.2) is 38.4 Å². The van der Waals surface area contributed by atoms with Crippen molar-refractivity contribution in [1.82, 2.24) is 9.55 Å². The Morgan fingerprint density at radius 3 is 2.48 bits per heavy atom. The first kappa shape index (κ1) is 21.0. The van der Waals surface area contributed by atoms with E-state index in [1.165, 1.54) is 10.8 Å². The molecule has 8 nitrogen and oxygen atoms in total. The van der Waals surface area contributed by atoms with Crippen molar-refractivity contribution >= 4 is 17.4 Å². The van der Waals surface area contributed by atoms with E-state index >= 15 is 0 Å². The second-order valence-electron chi connectivity index (χ2n) is 6.53. The highest BCUT2D eigenvalue weighted by Crippen LogP contribution is 2.22. The van der Waals surface area contributed by atoms with Crippen LogP contribution in [0.3, 0.4) is 0 Å². The van der Waals surface area contributed by atoms with Gasteiger partial charge in [0.2, 0.25) is 0 Å². The van der Waals surface area contributed by atoms with Gasteiger partial charge in [0.1, 0.15) is 24.3 Å². The van der Waals surface area contributed by atoms with Crippen molar-refractivity contribution in [2.24, 2.45) is 0 Å². The SMILES string of the molecule is CCCCOc1ccc(OCC(C)(O)CCn2cc([N+](=O)[O-])nc2Cl)cc1. The number of nitro groups is 1. The number of hydrogen-bond acceptors (Lipinski definition) is 6. The van der Waals surface area contributed by atoms with Crippen LogP contribution in [-0.2, 0) is 6.54 Å². The van der Waals surface area contributed by atoms with Gasteiger partial charge in [-0.25, -0.2) is 0 Å². The fraction of sp³-hybridized carbons (Fsp3) is 0.500. The number of halogens is 1. The quantitative estimate of drug-likeness (QED) is 0.351. The fourth-order valence-electron chi connectivity index (χ4n) is 2.26. The lowest BCUT2D eigenvalue weighted by Crippen LogP contribution is -2.33. The first-order chi connectivity index (χ1) is 12.8. The molecule has 2 rings (SSSR count). The molecule has 0 fully saturated rings. The molecular formula is C18H24ClN3O5. The van der Waals surface area contributed by atoms with E-state index < -0.39 is 10.5 Å². The zero-order valence-corrected chi connectivity index (χ0v) is 16.2. The largest absolute Gasteiger partial charge is 0.494 e. The van der Waals surface area contributed by atoms with Gasteiger partial charge in [-0.15, -0.1) is 0 Å². The van der Waals surface area contributed by atoms with Gasteiger partial charge in [-0.3, -0.25) is 4.57 Å². The van der Waals surface area contributed by atoms with Crippen LogP contribution in [0.25, 0.3) is 0 Å². The number of hydrogen-bond donors (Lipinski definition) is 1. The van der Waals surface area contributed by atoms with Gasteiger partial charge in [-0.2, -0.15) is 0 Å². The Morgan fingerprint density at radius 1 is 1.30 bits per heavy atom. The van der Waals surface area contributed by atoms with E-state index in [9.17, 15) is 15.2 Å². The number of aromatic nitrogens is 2. The first-order valence-corrected chi connectivity index (χ1v) is 9.13. The summed E-state index contributed by atoms with van der Waals surface area (Å²) >= 11 is 5.87. The van der Waals surface area contributed by atoms with E-state index in [0.29, 0.717) is 18.8 Å². The van der Waals surface area contributed by atoms with E-state index in [2.05, 4.69) is 11.9 Å². The fourth-order valence-corrected chi connectivity index (χ4v) is 2.48. The van der Waals surface area contributed by atoms with Crippen LogP contribution < -0.4 is 9.47 Å². The molecule has 1 unspecified atom stereocenters. The van der Waals surface area contributed by atoms with Crippen LogP contribution in [0, 0.1) is 10.1 Å². The van der Waals surface area contributed by atoms with E-state index in [1.54, 1.807) is 19.1 Å². The van der Waals surface area contributed by atoms with Gasteiger partial charge in [0.15, 0.2) is 0 Å². The molecule has 0 saturated carbocycles. The molecule has 0 radical (unpaired) electrons. The summed E-state index contributed by atoms with van der Waals surface area (Å²) in [5.41, 5.74) is -1.14. The topological polar surface area (TPSA) is 99.6 Å². The molecule has 1 atom stereocenters. The van der Waals surface area contributed by atoms with E-state index in [-0.39, 0.29) is 24.3 Å². The third-order valence-corrected chi connectivity index (χ3v) is 4.24. The van der Waals surface area contributed by atoms with Crippen LogP contribution in [0.4, 0.5) is 5.82 Å². The Hall–Kier alpha value is -2.32. The molecule has 0 aliphatic rings. The number of ether oxygens (including phenoxy) is 2. The number of aliphatic hydroxyl groups is 1. The number of benzene rings is 1. The summed E-state index contributed by atoms with van der Waals surface area (Å²) in [6.07, 6.45) is 3.62. The second-order valence-corrected chi connectivity index (χ2v) is 6.87. The number of unbranched alkanes of at least 4 members (excludes halogenated alkanes) is 1. The molecule has 0 aliphatic carbocycles. The molecular weight excluding hydrogens is 374 g/mol. The molecule has 2 aromatic rings. The molecule has 1 aromatic carbocycles. The lowest BCUT2D eigenvalue weighted by atomic mass is 10.0. The highest BCUT2D eigenvalue weighted by atomic mass is 35.5. The number of nitrogens with zero attached hydrogens (tertiary/aromatic N) is 3. The normalized spacial score (nSPS) is 13.2. The van der Waals surface area contributed by atoms with Crippen molar-refractivity contribution in [3.8, 4) is 11.5 Å². The van der Waals surface area contributed by atoms with Crippen molar-refractivity contribution in [3.63, 3.8) is 0 Å². The van der Waals surface area contributed by atoms with Gasteiger partial charge in [-0.1, -0.05) is 13.3 Å². The highest BCUT2D eigenvalue weighted by molar-refractivity contribution is 6.28. The maximum Gasteiger partial charge on any atom is 0.383 e. The summed E-state index contributed by atoms with van der Waals surface area (Å²) in [7, 11) is 0. The zero-order valence-electron chi connectivity index (χ0n) is 15.4. The highest BCUT2D eigenvalue weighted by Gasteiger charge is 2.24. The third kappa shape index (κ3) is 6.73. The van der Waals surface area contributed by atoms with Gasteiger partial charge in [0.25, 0.3) is 0 Å². The molecule has 1 heterocycles. The number of aryl methyl sites for hydroxylation is 1. The Morgan fingerprint density at radius 2 is 1.93 bits per heavy atom. The summed E-state index contributed by atoms with van der Waals surface area (Å²) in [4.78, 5) is 13.7. The minimum absolute atomic E-state index is 0.0112. The molecule has 1 N–H and O–H groups in total. The smallest absolute Gasteiger partial charge is 0.383 e. The third-order valence-electron chi connectivity index (χ3n) is 3.93. The van der Waals surface area contributed by atoms with Crippen LogP contribution >= 0.6 is 11.6 Å². The minimum atomic E-state index is -1.14. The van der Waals surface area contributed by atoms with Crippen molar-refractivity contribution in [2.75, 3.05) is 13.2 Å². The average molecular weight is 398 g/mol. The predicted molar refractivity (Wildman–Crippen MR) is 101 cm³/mol. The Balaban J connectivity index is 1.82. The van der Waals surface area contributed by atoms with Gasteiger partial charge in [0, 0.05) is 6.54 Å². The van der Waals surface area contributed by atoms with Crippen molar-refractivity contribution < 1.29 is 19.5 Å². The second kappa shape index (κ2) is 9.57.